The normalized spacial score (nSPS) is 12.2. The fourth-order valence-corrected chi connectivity index (χ4v) is 4.60. The van der Waals surface area contributed by atoms with Gasteiger partial charge >= 0.3 is 0 Å². The molecule has 0 radical (unpaired) electrons. The molecule has 0 amide bonds. The van der Waals surface area contributed by atoms with Crippen LogP contribution in [0.2, 0.25) is 0 Å². The summed E-state index contributed by atoms with van der Waals surface area (Å²) in [7, 11) is 0. The quantitative estimate of drug-likeness (QED) is 0.277. The van der Waals surface area contributed by atoms with E-state index < -0.39 is 0 Å². The molecule has 0 aliphatic carbocycles. The van der Waals surface area contributed by atoms with Crippen LogP contribution >= 0.6 is 0 Å². The smallest absolute Gasteiger partial charge is 0.124 e. The van der Waals surface area contributed by atoms with Crippen LogP contribution in [0, 0.1) is 0 Å². The van der Waals surface area contributed by atoms with Crippen LogP contribution in [0.15, 0.2) is 91.0 Å². The highest BCUT2D eigenvalue weighted by molar-refractivity contribution is 5.96. The van der Waals surface area contributed by atoms with Crippen LogP contribution in [0.5, 0.6) is 5.75 Å². The average Bonchev–Trinajstić information content (AvgIpc) is 2.87. The number of phenolic OH excluding ortho intramolecular Hbond substituents is 1. The third kappa shape index (κ3) is 4.99. The first-order valence-electron chi connectivity index (χ1n) is 12.8. The molecular weight excluding hydrogens is 452 g/mol. The Hall–Kier alpha value is -3.98. The van der Waals surface area contributed by atoms with Crippen molar-refractivity contribution >= 4 is 10.8 Å². The Labute approximate surface area is 219 Å². The van der Waals surface area contributed by atoms with Crippen molar-refractivity contribution in [2.45, 2.75) is 52.4 Å². The van der Waals surface area contributed by atoms with E-state index in [-0.39, 0.29) is 16.6 Å². The molecule has 0 aliphatic rings. The molecule has 0 fully saturated rings. The second-order valence-electron chi connectivity index (χ2n) is 11.8. The van der Waals surface area contributed by atoms with Crippen molar-refractivity contribution in [1.82, 2.24) is 9.97 Å². The zero-order valence-electron chi connectivity index (χ0n) is 22.5. The van der Waals surface area contributed by atoms with Crippen molar-refractivity contribution in [3.63, 3.8) is 0 Å². The Morgan fingerprint density at radius 3 is 1.57 bits per heavy atom. The van der Waals surface area contributed by atoms with E-state index in [0.717, 1.165) is 39.5 Å². The maximum Gasteiger partial charge on any atom is 0.124 e. The Balaban J connectivity index is 1.78. The number of rotatable bonds is 3. The molecule has 0 saturated carbocycles. The van der Waals surface area contributed by atoms with E-state index in [0.29, 0.717) is 0 Å². The molecule has 2 heterocycles. The van der Waals surface area contributed by atoms with Crippen molar-refractivity contribution in [1.29, 1.82) is 0 Å². The van der Waals surface area contributed by atoms with Gasteiger partial charge in [-0.1, -0.05) is 96.1 Å². The van der Waals surface area contributed by atoms with Crippen molar-refractivity contribution in [3.05, 3.63) is 102 Å². The summed E-state index contributed by atoms with van der Waals surface area (Å²) in [4.78, 5) is 10.2. The van der Waals surface area contributed by atoms with Gasteiger partial charge in [-0.25, -0.2) is 9.97 Å². The molecule has 5 rings (SSSR count). The van der Waals surface area contributed by atoms with Crippen LogP contribution < -0.4 is 0 Å². The van der Waals surface area contributed by atoms with Gasteiger partial charge in [0.05, 0.1) is 22.8 Å². The van der Waals surface area contributed by atoms with E-state index in [1.54, 1.807) is 6.07 Å². The number of aromatic hydroxyl groups is 1. The van der Waals surface area contributed by atoms with Gasteiger partial charge in [-0.2, -0.15) is 0 Å². The number of hydrogen-bond donors (Lipinski definition) is 1. The van der Waals surface area contributed by atoms with Crippen LogP contribution in [0.4, 0.5) is 0 Å². The summed E-state index contributed by atoms with van der Waals surface area (Å²) in [6.07, 6.45) is 0. The minimum atomic E-state index is -0.100. The summed E-state index contributed by atoms with van der Waals surface area (Å²) in [5.41, 5.74) is 7.32. The molecule has 0 unspecified atom stereocenters. The van der Waals surface area contributed by atoms with Gasteiger partial charge in [0.1, 0.15) is 5.75 Å². The second-order valence-corrected chi connectivity index (χ2v) is 11.8. The largest absolute Gasteiger partial charge is 0.507 e. The molecule has 3 nitrogen and oxygen atoms in total. The Bertz CT molecular complexity index is 1600. The third-order valence-corrected chi connectivity index (χ3v) is 6.89. The molecule has 0 saturated heterocycles. The maximum absolute atomic E-state index is 10.6. The molecule has 3 heteroatoms. The van der Waals surface area contributed by atoms with Crippen LogP contribution in [0.3, 0.4) is 0 Å². The van der Waals surface area contributed by atoms with E-state index in [1.807, 2.05) is 18.2 Å². The van der Waals surface area contributed by atoms with Gasteiger partial charge in [0.15, 0.2) is 0 Å². The van der Waals surface area contributed by atoms with E-state index in [1.165, 1.54) is 16.3 Å². The SMILES string of the molecule is CC(C)(C)c1cc(-c2cc(C(C)(C)C)cc(-c3cccc4ccccc34)n2)nc(-c2ccccc2O)c1. The molecule has 0 aliphatic heterocycles. The van der Waals surface area contributed by atoms with Gasteiger partial charge in [-0.3, -0.25) is 0 Å². The first kappa shape index (κ1) is 24.7. The number of hydrogen-bond acceptors (Lipinski definition) is 3. The standard InChI is InChI=1S/C34H34N2O/c1-33(2,3)23-18-28(26-16-11-13-22-12-7-8-14-25(22)26)35-30(20-23)31-21-24(34(4,5)6)19-29(36-31)27-15-9-10-17-32(27)37/h7-21,37H,1-6H3. The van der Waals surface area contributed by atoms with Gasteiger partial charge in [0.2, 0.25) is 0 Å². The predicted molar refractivity (Wildman–Crippen MR) is 155 cm³/mol. The van der Waals surface area contributed by atoms with E-state index in [4.69, 9.17) is 9.97 Å². The van der Waals surface area contributed by atoms with Crippen LogP contribution in [-0.4, -0.2) is 15.1 Å². The molecule has 2 aromatic heterocycles. The van der Waals surface area contributed by atoms with Crippen LogP contribution in [-0.2, 0) is 10.8 Å². The molecule has 3 aromatic carbocycles. The Morgan fingerprint density at radius 1 is 0.514 bits per heavy atom. The Kier molecular flexibility index (Phi) is 6.11. The highest BCUT2D eigenvalue weighted by atomic mass is 16.3. The van der Waals surface area contributed by atoms with Crippen molar-refractivity contribution in [2.75, 3.05) is 0 Å². The molecule has 0 bridgehead atoms. The number of phenols is 1. The van der Waals surface area contributed by atoms with Gasteiger partial charge in [-0.05, 0) is 69.1 Å². The minimum Gasteiger partial charge on any atom is -0.507 e. The molecule has 37 heavy (non-hydrogen) atoms. The summed E-state index contributed by atoms with van der Waals surface area (Å²) < 4.78 is 0. The zero-order valence-corrected chi connectivity index (χ0v) is 22.5. The van der Waals surface area contributed by atoms with E-state index in [2.05, 4.69) is 108 Å². The first-order valence-corrected chi connectivity index (χ1v) is 12.8. The van der Waals surface area contributed by atoms with Crippen molar-refractivity contribution < 1.29 is 5.11 Å². The lowest BCUT2D eigenvalue weighted by atomic mass is 9.84. The average molecular weight is 487 g/mol. The van der Waals surface area contributed by atoms with Crippen LogP contribution in [0.25, 0.3) is 44.7 Å². The molecule has 0 atom stereocenters. The highest BCUT2D eigenvalue weighted by Gasteiger charge is 2.22. The number of aromatic nitrogens is 2. The van der Waals surface area contributed by atoms with Gasteiger partial charge in [-0.15, -0.1) is 0 Å². The molecule has 1 N–H and O–H groups in total. The highest BCUT2D eigenvalue weighted by Crippen LogP contribution is 2.37. The van der Waals surface area contributed by atoms with Gasteiger partial charge in [0.25, 0.3) is 0 Å². The number of benzene rings is 3. The lowest BCUT2D eigenvalue weighted by Gasteiger charge is -2.23. The van der Waals surface area contributed by atoms with E-state index >= 15 is 0 Å². The lowest BCUT2D eigenvalue weighted by molar-refractivity contribution is 0.477. The number of para-hydroxylation sites is 1. The monoisotopic (exact) mass is 486 g/mol. The fourth-order valence-electron chi connectivity index (χ4n) is 4.60. The van der Waals surface area contributed by atoms with Crippen LogP contribution in [0.1, 0.15) is 52.7 Å². The third-order valence-electron chi connectivity index (χ3n) is 6.89. The zero-order chi connectivity index (χ0) is 26.4. The topological polar surface area (TPSA) is 46.0 Å². The summed E-state index contributed by atoms with van der Waals surface area (Å²) >= 11 is 0. The first-order chi connectivity index (χ1) is 17.5. The van der Waals surface area contributed by atoms with Crippen molar-refractivity contribution in [2.24, 2.45) is 0 Å². The molecule has 5 aromatic rings. The molecular formula is C34H34N2O. The summed E-state index contributed by atoms with van der Waals surface area (Å²) in [5, 5.41) is 13.0. The van der Waals surface area contributed by atoms with Gasteiger partial charge < -0.3 is 5.11 Å². The second kappa shape index (κ2) is 9.15. The maximum atomic E-state index is 10.6. The van der Waals surface area contributed by atoms with E-state index in [9.17, 15) is 5.11 Å². The minimum absolute atomic E-state index is 0.0702. The summed E-state index contributed by atoms with van der Waals surface area (Å²) in [6, 6.07) is 30.8. The number of pyridine rings is 2. The molecule has 0 spiro atoms. The summed E-state index contributed by atoms with van der Waals surface area (Å²) in [5.74, 6) is 0.222. The fraction of sp³-hybridized carbons (Fsp3) is 0.235. The number of nitrogens with zero attached hydrogens (tertiary/aromatic N) is 2. The number of fused-ring (bicyclic) bond motifs is 1. The Morgan fingerprint density at radius 2 is 0.973 bits per heavy atom. The predicted octanol–water partition coefficient (Wildman–Crippen LogP) is 8.93. The summed E-state index contributed by atoms with van der Waals surface area (Å²) in [6.45, 7) is 13.3. The molecule has 186 valence electrons. The lowest BCUT2D eigenvalue weighted by Crippen LogP contribution is -2.13. The van der Waals surface area contributed by atoms with Crippen molar-refractivity contribution in [3.8, 4) is 39.7 Å². The van der Waals surface area contributed by atoms with Gasteiger partial charge in [0, 0.05) is 11.1 Å².